The van der Waals surface area contributed by atoms with Crippen LogP contribution in [0.25, 0.3) is 0 Å². The maximum Gasteiger partial charge on any atom is 0.543 e. The number of alkyl carbamates (subject to hydrolysis) is 2. The second-order valence-corrected chi connectivity index (χ2v) is 2.88. The van der Waals surface area contributed by atoms with Gasteiger partial charge < -0.3 is 20.1 Å². The monoisotopic (exact) mass is 314 g/mol. The number of halogens is 6. The molecular formula is C7H8F6N2O5. The topological polar surface area (TPSA) is 85.9 Å². The van der Waals surface area contributed by atoms with E-state index in [1.165, 1.54) is 10.6 Å². The first kappa shape index (κ1) is 18.1. The standard InChI is InChI=1S/C7H8F6N2O5/c1-14-3(16)18-5(8,9)6(10,11)20-7(12,13)19-4(17)15-2/h1-2H3,(H,14,16)(H,15,17). The van der Waals surface area contributed by atoms with E-state index < -0.39 is 30.7 Å². The normalized spacial score (nSPS) is 12.6. The van der Waals surface area contributed by atoms with E-state index >= 15 is 0 Å². The Morgan fingerprint density at radius 3 is 1.60 bits per heavy atom. The van der Waals surface area contributed by atoms with Crippen molar-refractivity contribution in [1.29, 1.82) is 0 Å². The van der Waals surface area contributed by atoms with Crippen LogP contribution in [-0.4, -0.2) is 44.8 Å². The van der Waals surface area contributed by atoms with Gasteiger partial charge in [0.05, 0.1) is 0 Å². The van der Waals surface area contributed by atoms with Crippen LogP contribution in [0.2, 0.25) is 0 Å². The van der Waals surface area contributed by atoms with Crippen LogP contribution in [0.5, 0.6) is 0 Å². The Morgan fingerprint density at radius 1 is 0.800 bits per heavy atom. The van der Waals surface area contributed by atoms with Gasteiger partial charge in [0.1, 0.15) is 0 Å². The molecule has 0 radical (unpaired) electrons. The van der Waals surface area contributed by atoms with Gasteiger partial charge in [-0.1, -0.05) is 0 Å². The summed E-state index contributed by atoms with van der Waals surface area (Å²) in [6, 6.07) is 0. The Bertz CT molecular complexity index is 377. The summed E-state index contributed by atoms with van der Waals surface area (Å²) in [6.45, 7) is 0. The molecular weight excluding hydrogens is 306 g/mol. The second kappa shape index (κ2) is 6.02. The number of amides is 2. The molecule has 7 nitrogen and oxygen atoms in total. The minimum atomic E-state index is -5.98. The molecule has 0 aromatic heterocycles. The van der Waals surface area contributed by atoms with E-state index in [4.69, 9.17) is 0 Å². The fourth-order valence-electron chi connectivity index (χ4n) is 0.615. The molecule has 0 saturated heterocycles. The van der Waals surface area contributed by atoms with Gasteiger partial charge >= 0.3 is 30.7 Å². The molecule has 0 aliphatic heterocycles. The molecule has 0 unspecified atom stereocenters. The van der Waals surface area contributed by atoms with Crippen molar-refractivity contribution < 1.29 is 50.1 Å². The number of hydrogen-bond acceptors (Lipinski definition) is 5. The smallest absolute Gasteiger partial charge is 0.377 e. The van der Waals surface area contributed by atoms with Crippen LogP contribution in [-0.2, 0) is 14.2 Å². The predicted octanol–water partition coefficient (Wildman–Crippen LogP) is 1.45. The lowest BCUT2D eigenvalue weighted by molar-refractivity contribution is -0.510. The van der Waals surface area contributed by atoms with Gasteiger partial charge in [-0.25, -0.2) is 14.3 Å². The minimum Gasteiger partial charge on any atom is -0.377 e. The first-order valence-corrected chi connectivity index (χ1v) is 4.52. The molecule has 0 aromatic rings. The van der Waals surface area contributed by atoms with Crippen LogP contribution in [0.4, 0.5) is 35.9 Å². The maximum atomic E-state index is 12.8. The van der Waals surface area contributed by atoms with Crippen molar-refractivity contribution in [2.24, 2.45) is 0 Å². The van der Waals surface area contributed by atoms with Gasteiger partial charge in [-0.3, -0.25) is 0 Å². The highest BCUT2D eigenvalue weighted by molar-refractivity contribution is 5.67. The lowest BCUT2D eigenvalue weighted by Crippen LogP contribution is -2.51. The lowest BCUT2D eigenvalue weighted by atomic mass is 10.6. The molecule has 0 bridgehead atoms. The summed E-state index contributed by atoms with van der Waals surface area (Å²) in [5.74, 6) is 0. The number of rotatable bonds is 5. The molecule has 0 rings (SSSR count). The molecule has 0 aliphatic rings. The van der Waals surface area contributed by atoms with Crippen LogP contribution in [0.15, 0.2) is 0 Å². The van der Waals surface area contributed by atoms with Crippen LogP contribution >= 0.6 is 0 Å². The van der Waals surface area contributed by atoms with Gasteiger partial charge in [-0.2, -0.15) is 17.6 Å². The highest BCUT2D eigenvalue weighted by atomic mass is 19.3. The quantitative estimate of drug-likeness (QED) is 0.592. The van der Waals surface area contributed by atoms with E-state index in [0.29, 0.717) is 0 Å². The van der Waals surface area contributed by atoms with Crippen molar-refractivity contribution in [3.05, 3.63) is 0 Å². The summed E-state index contributed by atoms with van der Waals surface area (Å²) in [4.78, 5) is 20.7. The average Bonchev–Trinajstić information content (AvgIpc) is 2.25. The first-order chi connectivity index (χ1) is 8.87. The molecule has 118 valence electrons. The molecule has 0 heterocycles. The van der Waals surface area contributed by atoms with Gasteiger partial charge in [0.2, 0.25) is 0 Å². The fourth-order valence-corrected chi connectivity index (χ4v) is 0.615. The Morgan fingerprint density at radius 2 is 1.20 bits per heavy atom. The van der Waals surface area contributed by atoms with Gasteiger partial charge in [0.15, 0.2) is 0 Å². The molecule has 13 heteroatoms. The van der Waals surface area contributed by atoms with Crippen molar-refractivity contribution in [3.8, 4) is 0 Å². The zero-order valence-corrected chi connectivity index (χ0v) is 9.81. The summed E-state index contributed by atoms with van der Waals surface area (Å²) in [5.41, 5.74) is 0. The third-order valence-corrected chi connectivity index (χ3v) is 1.43. The van der Waals surface area contributed by atoms with E-state index in [2.05, 4.69) is 14.2 Å². The summed E-state index contributed by atoms with van der Waals surface area (Å²) < 4.78 is 84.6. The molecule has 20 heavy (non-hydrogen) atoms. The maximum absolute atomic E-state index is 12.8. The van der Waals surface area contributed by atoms with Crippen molar-refractivity contribution in [1.82, 2.24) is 10.6 Å². The SMILES string of the molecule is CNC(=O)OC(F)(F)OC(F)(F)C(F)(F)OC(=O)NC. The van der Waals surface area contributed by atoms with Crippen LogP contribution in [0.3, 0.4) is 0 Å². The molecule has 0 aromatic carbocycles. The Labute approximate surface area is 107 Å². The Hall–Kier alpha value is -1.92. The second-order valence-electron chi connectivity index (χ2n) is 2.88. The average molecular weight is 314 g/mol. The number of alkyl halides is 6. The third-order valence-electron chi connectivity index (χ3n) is 1.43. The molecule has 0 atom stereocenters. The van der Waals surface area contributed by atoms with Gasteiger partial charge in [0, 0.05) is 14.1 Å². The number of nitrogens with one attached hydrogen (secondary N) is 2. The number of hydrogen-bond donors (Lipinski definition) is 2. The van der Waals surface area contributed by atoms with E-state index in [1.807, 2.05) is 0 Å². The van der Waals surface area contributed by atoms with Crippen LogP contribution < -0.4 is 10.6 Å². The van der Waals surface area contributed by atoms with E-state index in [-0.39, 0.29) is 0 Å². The highest BCUT2D eigenvalue weighted by Gasteiger charge is 2.67. The molecule has 2 amide bonds. The van der Waals surface area contributed by atoms with E-state index in [9.17, 15) is 35.9 Å². The van der Waals surface area contributed by atoms with Gasteiger partial charge in [-0.05, 0) is 0 Å². The predicted molar refractivity (Wildman–Crippen MR) is 47.0 cm³/mol. The zero-order valence-electron chi connectivity index (χ0n) is 9.81. The van der Waals surface area contributed by atoms with Crippen molar-refractivity contribution in [2.75, 3.05) is 14.1 Å². The zero-order chi connectivity index (χ0) is 16.2. The molecule has 0 spiro atoms. The summed E-state index contributed by atoms with van der Waals surface area (Å²) in [7, 11) is 1.54. The number of carbonyl (C=O) groups is 2. The highest BCUT2D eigenvalue weighted by Crippen LogP contribution is 2.40. The first-order valence-electron chi connectivity index (χ1n) is 4.52. The Balaban J connectivity index is 4.94. The fraction of sp³-hybridized carbons (Fsp3) is 0.714. The molecule has 0 saturated carbocycles. The van der Waals surface area contributed by atoms with E-state index in [0.717, 1.165) is 14.1 Å². The Kier molecular flexibility index (Phi) is 5.44. The van der Waals surface area contributed by atoms with E-state index in [1.54, 1.807) is 0 Å². The number of carbonyl (C=O) groups excluding carboxylic acids is 2. The largest absolute Gasteiger partial charge is 0.543 e. The van der Waals surface area contributed by atoms with Crippen molar-refractivity contribution >= 4 is 12.2 Å². The lowest BCUT2D eigenvalue weighted by Gasteiger charge is -2.27. The molecule has 2 N–H and O–H groups in total. The van der Waals surface area contributed by atoms with Gasteiger partial charge in [0.25, 0.3) is 0 Å². The van der Waals surface area contributed by atoms with Crippen molar-refractivity contribution in [3.63, 3.8) is 0 Å². The summed E-state index contributed by atoms with van der Waals surface area (Å²) in [6.07, 6.45) is -21.1. The third kappa shape index (κ3) is 4.99. The molecule has 0 aliphatic carbocycles. The van der Waals surface area contributed by atoms with Crippen LogP contribution in [0, 0.1) is 0 Å². The van der Waals surface area contributed by atoms with Gasteiger partial charge in [-0.15, -0.1) is 8.78 Å². The van der Waals surface area contributed by atoms with Crippen molar-refractivity contribution in [2.45, 2.75) is 18.5 Å². The summed E-state index contributed by atoms with van der Waals surface area (Å²) in [5, 5.41) is 2.82. The molecule has 0 fully saturated rings. The number of ether oxygens (including phenoxy) is 3. The van der Waals surface area contributed by atoms with Crippen LogP contribution in [0.1, 0.15) is 0 Å². The summed E-state index contributed by atoms with van der Waals surface area (Å²) >= 11 is 0. The minimum absolute atomic E-state index is 0.751.